The van der Waals surface area contributed by atoms with Crippen LogP contribution in [0.5, 0.6) is 0 Å². The number of ketones is 1. The molecule has 0 radical (unpaired) electrons. The Kier molecular flexibility index (Phi) is 12.5. The quantitative estimate of drug-likeness (QED) is 0.230. The summed E-state index contributed by atoms with van der Waals surface area (Å²) in [7, 11) is 0. The molecule has 0 heterocycles. The summed E-state index contributed by atoms with van der Waals surface area (Å²) in [5.41, 5.74) is 0. The largest absolute Gasteiger partial charge is 0.465 e. The first-order chi connectivity index (χ1) is 9.20. The summed E-state index contributed by atoms with van der Waals surface area (Å²) in [4.78, 5) is 22.7. The Hall–Kier alpha value is -1.12. The lowest BCUT2D eigenvalue weighted by Crippen LogP contribution is -2.10. The Balaban J connectivity index is 3.46. The summed E-state index contributed by atoms with van der Waals surface area (Å²) >= 11 is 0. The van der Waals surface area contributed by atoms with Gasteiger partial charge in [-0.25, -0.2) is 0 Å². The Morgan fingerprint density at radius 1 is 0.947 bits per heavy atom. The van der Waals surface area contributed by atoms with Crippen molar-refractivity contribution in [3.63, 3.8) is 0 Å². The monoisotopic (exact) mass is 268 g/mol. The molecule has 0 saturated heterocycles. The lowest BCUT2D eigenvalue weighted by atomic mass is 10.1. The van der Waals surface area contributed by atoms with Crippen LogP contribution in [-0.2, 0) is 14.3 Å². The van der Waals surface area contributed by atoms with Crippen LogP contribution in [0, 0.1) is 0 Å². The molecule has 0 N–H and O–H groups in total. The lowest BCUT2D eigenvalue weighted by Gasteiger charge is -2.03. The summed E-state index contributed by atoms with van der Waals surface area (Å²) in [6, 6.07) is 0. The molecule has 0 bridgehead atoms. The van der Waals surface area contributed by atoms with Gasteiger partial charge in [-0.3, -0.25) is 9.59 Å². The highest BCUT2D eigenvalue weighted by Crippen LogP contribution is 2.05. The van der Waals surface area contributed by atoms with Gasteiger partial charge >= 0.3 is 5.97 Å². The number of ether oxygens (including phenoxy) is 1. The van der Waals surface area contributed by atoms with E-state index in [-0.39, 0.29) is 12.2 Å². The van der Waals surface area contributed by atoms with E-state index in [1.54, 1.807) is 0 Å². The van der Waals surface area contributed by atoms with Crippen LogP contribution in [0.25, 0.3) is 0 Å². The van der Waals surface area contributed by atoms with Crippen LogP contribution in [0.3, 0.4) is 0 Å². The van der Waals surface area contributed by atoms with Crippen molar-refractivity contribution in [1.29, 1.82) is 0 Å². The summed E-state index contributed by atoms with van der Waals surface area (Å²) in [6.07, 6.45) is 12.0. The molecule has 0 spiro atoms. The molecule has 0 amide bonds. The van der Waals surface area contributed by atoms with E-state index in [1.165, 1.54) is 31.8 Å². The van der Waals surface area contributed by atoms with Gasteiger partial charge < -0.3 is 4.74 Å². The predicted octanol–water partition coefficient (Wildman–Crippen LogP) is 4.21. The van der Waals surface area contributed by atoms with Crippen LogP contribution >= 0.6 is 0 Å². The zero-order valence-electron chi connectivity index (χ0n) is 12.5. The summed E-state index contributed by atoms with van der Waals surface area (Å²) in [6.45, 7) is 4.67. The molecule has 3 heteroatoms. The van der Waals surface area contributed by atoms with Crippen molar-refractivity contribution in [2.45, 2.75) is 71.6 Å². The van der Waals surface area contributed by atoms with Gasteiger partial charge in [-0.1, -0.05) is 58.4 Å². The fourth-order valence-corrected chi connectivity index (χ4v) is 1.70. The van der Waals surface area contributed by atoms with Crippen LogP contribution in [0.2, 0.25) is 0 Å². The fourth-order valence-electron chi connectivity index (χ4n) is 1.70. The molecule has 0 aromatic carbocycles. The van der Waals surface area contributed by atoms with Gasteiger partial charge in [0.25, 0.3) is 0 Å². The third-order valence-electron chi connectivity index (χ3n) is 2.84. The van der Waals surface area contributed by atoms with Crippen molar-refractivity contribution < 1.29 is 14.3 Å². The fraction of sp³-hybridized carbons (Fsp3) is 0.750. The van der Waals surface area contributed by atoms with Crippen molar-refractivity contribution in [2.24, 2.45) is 0 Å². The first kappa shape index (κ1) is 17.9. The van der Waals surface area contributed by atoms with E-state index in [9.17, 15) is 9.59 Å². The van der Waals surface area contributed by atoms with Crippen LogP contribution in [0.1, 0.15) is 71.6 Å². The molecule has 0 aliphatic rings. The second kappa shape index (κ2) is 13.3. The Labute approximate surface area is 117 Å². The molecule has 19 heavy (non-hydrogen) atoms. The van der Waals surface area contributed by atoms with Gasteiger partial charge in [-0.2, -0.15) is 0 Å². The molecule has 0 aliphatic heterocycles. The zero-order valence-corrected chi connectivity index (χ0v) is 12.5. The molecule has 0 aliphatic carbocycles. The maximum absolute atomic E-state index is 11.3. The number of rotatable bonds is 12. The van der Waals surface area contributed by atoms with Crippen LogP contribution in [0.4, 0.5) is 0 Å². The van der Waals surface area contributed by atoms with Crippen LogP contribution < -0.4 is 0 Å². The van der Waals surface area contributed by atoms with E-state index in [2.05, 4.69) is 6.92 Å². The summed E-state index contributed by atoms with van der Waals surface area (Å²) < 4.78 is 5.03. The normalized spacial score (nSPS) is 10.8. The zero-order chi connectivity index (χ0) is 14.3. The average Bonchev–Trinajstić information content (AvgIpc) is 2.38. The predicted molar refractivity (Wildman–Crippen MR) is 78.0 cm³/mol. The van der Waals surface area contributed by atoms with E-state index < -0.39 is 5.97 Å². The highest BCUT2D eigenvalue weighted by molar-refractivity contribution is 6.01. The van der Waals surface area contributed by atoms with E-state index in [0.717, 1.165) is 25.7 Å². The van der Waals surface area contributed by atoms with Gasteiger partial charge in [0, 0.05) is 0 Å². The Bertz CT molecular complexity index is 269. The van der Waals surface area contributed by atoms with Gasteiger partial charge in [0.15, 0.2) is 5.78 Å². The average molecular weight is 268 g/mol. The summed E-state index contributed by atoms with van der Waals surface area (Å²) in [5, 5.41) is 0. The molecule has 0 rings (SSSR count). The molecule has 0 saturated carbocycles. The number of carbonyl (C=O) groups excluding carboxylic acids is 2. The van der Waals surface area contributed by atoms with E-state index in [1.807, 2.05) is 13.0 Å². The second-order valence-electron chi connectivity index (χ2n) is 4.82. The van der Waals surface area contributed by atoms with Crippen LogP contribution in [0.15, 0.2) is 12.2 Å². The topological polar surface area (TPSA) is 43.4 Å². The minimum atomic E-state index is -0.403. The minimum absolute atomic E-state index is 0.129. The van der Waals surface area contributed by atoms with Gasteiger partial charge in [-0.05, 0) is 18.9 Å². The van der Waals surface area contributed by atoms with Crippen molar-refractivity contribution in [3.8, 4) is 0 Å². The Morgan fingerprint density at radius 3 is 2.32 bits per heavy atom. The summed E-state index contributed by atoms with van der Waals surface area (Å²) in [5.74, 6) is -0.568. The van der Waals surface area contributed by atoms with E-state index in [4.69, 9.17) is 4.74 Å². The number of allylic oxidation sites excluding steroid dienone is 2. The number of hydrogen-bond donors (Lipinski definition) is 0. The highest BCUT2D eigenvalue weighted by Gasteiger charge is 2.07. The van der Waals surface area contributed by atoms with Gasteiger partial charge in [0.2, 0.25) is 0 Å². The molecular weight excluding hydrogens is 240 g/mol. The molecule has 3 nitrogen and oxygen atoms in total. The number of unbranched alkanes of at least 4 members (excludes halogenated alkanes) is 6. The molecule has 0 fully saturated rings. The second-order valence-corrected chi connectivity index (χ2v) is 4.82. The maximum Gasteiger partial charge on any atom is 0.313 e. The van der Waals surface area contributed by atoms with E-state index in [0.29, 0.717) is 6.61 Å². The van der Waals surface area contributed by atoms with Gasteiger partial charge in [-0.15, -0.1) is 0 Å². The highest BCUT2D eigenvalue weighted by atomic mass is 16.5. The van der Waals surface area contributed by atoms with Crippen molar-refractivity contribution in [1.82, 2.24) is 0 Å². The van der Waals surface area contributed by atoms with Gasteiger partial charge in [0.05, 0.1) is 6.61 Å². The lowest BCUT2D eigenvalue weighted by molar-refractivity contribution is -0.145. The molecule has 0 aromatic heterocycles. The van der Waals surface area contributed by atoms with Crippen molar-refractivity contribution in [2.75, 3.05) is 6.61 Å². The smallest absolute Gasteiger partial charge is 0.313 e. The van der Waals surface area contributed by atoms with Gasteiger partial charge in [0.1, 0.15) is 6.42 Å². The third-order valence-corrected chi connectivity index (χ3v) is 2.84. The number of hydrogen-bond acceptors (Lipinski definition) is 3. The Morgan fingerprint density at radius 2 is 1.63 bits per heavy atom. The minimum Gasteiger partial charge on any atom is -0.465 e. The molecular formula is C16H28O3. The molecule has 110 valence electrons. The number of carbonyl (C=O) groups is 2. The first-order valence-electron chi connectivity index (χ1n) is 7.55. The number of esters is 1. The third kappa shape index (κ3) is 13.1. The molecule has 0 aromatic rings. The van der Waals surface area contributed by atoms with Crippen molar-refractivity contribution in [3.05, 3.63) is 12.2 Å². The van der Waals surface area contributed by atoms with E-state index >= 15 is 0 Å². The maximum atomic E-state index is 11.3. The standard InChI is InChI=1S/C16H28O3/c1-3-5-7-8-9-11-13-19-16(18)14-15(17)12-10-6-4-2/h10,12H,3-9,11,13-14H2,1-2H3. The first-order valence-corrected chi connectivity index (χ1v) is 7.55. The SMILES string of the molecule is CCCC=CC(=O)CC(=O)OCCCCCCCC. The van der Waals surface area contributed by atoms with Crippen molar-refractivity contribution >= 4 is 11.8 Å². The van der Waals surface area contributed by atoms with Crippen LogP contribution in [-0.4, -0.2) is 18.4 Å². The molecule has 0 atom stereocenters. The molecule has 0 unspecified atom stereocenters.